The molecule has 1 saturated heterocycles. The number of ether oxygens (including phenoxy) is 2. The Morgan fingerprint density at radius 2 is 2.22 bits per heavy atom. The molecule has 1 heterocycles. The summed E-state index contributed by atoms with van der Waals surface area (Å²) in [5.41, 5.74) is 0. The molecule has 1 N–H and O–H groups in total. The molecule has 1 aromatic rings. The summed E-state index contributed by atoms with van der Waals surface area (Å²) in [5.74, 6) is 0.798. The number of aliphatic hydroxyl groups is 1. The number of benzene rings is 1. The second-order valence-electron chi connectivity index (χ2n) is 4.70. The Morgan fingerprint density at radius 1 is 1.44 bits per heavy atom. The van der Waals surface area contributed by atoms with E-state index in [9.17, 15) is 5.11 Å². The van der Waals surface area contributed by atoms with Crippen molar-refractivity contribution in [3.63, 3.8) is 0 Å². The monoisotopic (exact) mass is 251 g/mol. The molecule has 1 aliphatic heterocycles. The average Bonchev–Trinajstić information content (AvgIpc) is 2.40. The molecule has 1 fully saturated rings. The summed E-state index contributed by atoms with van der Waals surface area (Å²) < 4.78 is 10.9. The summed E-state index contributed by atoms with van der Waals surface area (Å²) in [7, 11) is 0. The third kappa shape index (κ3) is 3.98. The van der Waals surface area contributed by atoms with Gasteiger partial charge in [0.1, 0.15) is 18.5 Å². The number of β-amino-alcohol motifs (C(OH)–C–C–N with tert-alkyl or cyclic N) is 1. The number of hydrogen-bond acceptors (Lipinski definition) is 4. The minimum atomic E-state index is -0.467. The standard InChI is InChI=1S/C14H21NO3/c1-12-10-17-8-7-15(12)9-13(16)11-18-14-5-3-2-4-6-14/h2-6,12-13,16H,7-11H2,1H3. The highest BCUT2D eigenvalue weighted by molar-refractivity contribution is 5.20. The molecular formula is C14H21NO3. The van der Waals surface area contributed by atoms with Crippen molar-refractivity contribution in [2.75, 3.05) is 32.9 Å². The molecule has 0 spiro atoms. The van der Waals surface area contributed by atoms with Crippen LogP contribution < -0.4 is 4.74 Å². The average molecular weight is 251 g/mol. The fourth-order valence-corrected chi connectivity index (χ4v) is 2.07. The van der Waals surface area contributed by atoms with Gasteiger partial charge in [0.15, 0.2) is 0 Å². The smallest absolute Gasteiger partial charge is 0.119 e. The topological polar surface area (TPSA) is 41.9 Å². The van der Waals surface area contributed by atoms with E-state index in [1.54, 1.807) is 0 Å². The normalized spacial score (nSPS) is 22.7. The number of morpholine rings is 1. The molecule has 1 aliphatic rings. The van der Waals surface area contributed by atoms with Crippen molar-refractivity contribution in [2.45, 2.75) is 19.1 Å². The largest absolute Gasteiger partial charge is 0.491 e. The summed E-state index contributed by atoms with van der Waals surface area (Å²) >= 11 is 0. The molecule has 0 bridgehead atoms. The van der Waals surface area contributed by atoms with Crippen molar-refractivity contribution in [2.24, 2.45) is 0 Å². The van der Waals surface area contributed by atoms with Gasteiger partial charge in [0, 0.05) is 19.1 Å². The van der Waals surface area contributed by atoms with Crippen LogP contribution in [-0.4, -0.2) is 55.1 Å². The lowest BCUT2D eigenvalue weighted by Crippen LogP contribution is -2.47. The molecule has 0 aliphatic carbocycles. The van der Waals surface area contributed by atoms with Gasteiger partial charge >= 0.3 is 0 Å². The highest BCUT2D eigenvalue weighted by Gasteiger charge is 2.21. The molecule has 0 radical (unpaired) electrons. The zero-order valence-corrected chi connectivity index (χ0v) is 10.8. The molecule has 4 heteroatoms. The summed E-state index contributed by atoms with van der Waals surface area (Å²) in [6.45, 7) is 5.45. The summed E-state index contributed by atoms with van der Waals surface area (Å²) in [6, 6.07) is 9.94. The van der Waals surface area contributed by atoms with Crippen LogP contribution in [0.15, 0.2) is 30.3 Å². The molecular weight excluding hydrogens is 230 g/mol. The minimum absolute atomic E-state index is 0.327. The molecule has 1 aromatic carbocycles. The lowest BCUT2D eigenvalue weighted by molar-refractivity contribution is -0.0265. The summed E-state index contributed by atoms with van der Waals surface area (Å²) in [4.78, 5) is 2.24. The number of para-hydroxylation sites is 1. The van der Waals surface area contributed by atoms with Crippen LogP contribution in [0.5, 0.6) is 5.75 Å². The van der Waals surface area contributed by atoms with E-state index in [1.165, 1.54) is 0 Å². The molecule has 0 aromatic heterocycles. The first-order chi connectivity index (χ1) is 8.75. The highest BCUT2D eigenvalue weighted by atomic mass is 16.5. The lowest BCUT2D eigenvalue weighted by Gasteiger charge is -2.34. The molecule has 4 nitrogen and oxygen atoms in total. The van der Waals surface area contributed by atoms with Crippen LogP contribution in [0, 0.1) is 0 Å². The van der Waals surface area contributed by atoms with E-state index in [0.717, 1.165) is 25.5 Å². The predicted molar refractivity (Wildman–Crippen MR) is 69.8 cm³/mol. The van der Waals surface area contributed by atoms with Gasteiger partial charge in [-0.2, -0.15) is 0 Å². The Hall–Kier alpha value is -1.10. The Bertz CT molecular complexity index is 344. The van der Waals surface area contributed by atoms with Crippen LogP contribution >= 0.6 is 0 Å². The Morgan fingerprint density at radius 3 is 2.94 bits per heavy atom. The van der Waals surface area contributed by atoms with Gasteiger partial charge < -0.3 is 14.6 Å². The van der Waals surface area contributed by atoms with E-state index in [2.05, 4.69) is 11.8 Å². The number of aliphatic hydroxyl groups excluding tert-OH is 1. The van der Waals surface area contributed by atoms with Crippen molar-refractivity contribution >= 4 is 0 Å². The maximum absolute atomic E-state index is 9.97. The molecule has 0 amide bonds. The SMILES string of the molecule is CC1COCCN1CC(O)COc1ccccc1. The Kier molecular flexibility index (Phi) is 4.99. The lowest BCUT2D eigenvalue weighted by atomic mass is 10.2. The van der Waals surface area contributed by atoms with Gasteiger partial charge in [-0.05, 0) is 19.1 Å². The minimum Gasteiger partial charge on any atom is -0.491 e. The maximum atomic E-state index is 9.97. The third-order valence-electron chi connectivity index (χ3n) is 3.14. The molecule has 2 unspecified atom stereocenters. The molecule has 0 saturated carbocycles. The van der Waals surface area contributed by atoms with Gasteiger partial charge in [0.2, 0.25) is 0 Å². The van der Waals surface area contributed by atoms with E-state index >= 15 is 0 Å². The van der Waals surface area contributed by atoms with Crippen molar-refractivity contribution in [3.05, 3.63) is 30.3 Å². The molecule has 2 atom stereocenters. The zero-order chi connectivity index (χ0) is 12.8. The second-order valence-corrected chi connectivity index (χ2v) is 4.70. The molecule has 100 valence electrons. The van der Waals surface area contributed by atoms with Gasteiger partial charge in [0.25, 0.3) is 0 Å². The summed E-state index contributed by atoms with van der Waals surface area (Å²) in [6.07, 6.45) is -0.467. The quantitative estimate of drug-likeness (QED) is 0.852. The van der Waals surface area contributed by atoms with Crippen molar-refractivity contribution in [3.8, 4) is 5.75 Å². The van der Waals surface area contributed by atoms with Gasteiger partial charge in [-0.15, -0.1) is 0 Å². The first-order valence-corrected chi connectivity index (χ1v) is 6.43. The van der Waals surface area contributed by atoms with Gasteiger partial charge in [-0.25, -0.2) is 0 Å². The van der Waals surface area contributed by atoms with Gasteiger partial charge in [-0.1, -0.05) is 18.2 Å². The Balaban J connectivity index is 1.73. The van der Waals surface area contributed by atoms with E-state index in [4.69, 9.17) is 9.47 Å². The van der Waals surface area contributed by atoms with Gasteiger partial charge in [-0.3, -0.25) is 4.90 Å². The van der Waals surface area contributed by atoms with E-state index in [1.807, 2.05) is 30.3 Å². The van der Waals surface area contributed by atoms with Crippen LogP contribution in [0.2, 0.25) is 0 Å². The maximum Gasteiger partial charge on any atom is 0.119 e. The van der Waals surface area contributed by atoms with Crippen LogP contribution in [0.4, 0.5) is 0 Å². The molecule has 2 rings (SSSR count). The highest BCUT2D eigenvalue weighted by Crippen LogP contribution is 2.10. The van der Waals surface area contributed by atoms with E-state index in [0.29, 0.717) is 19.2 Å². The van der Waals surface area contributed by atoms with Crippen LogP contribution in [0.3, 0.4) is 0 Å². The predicted octanol–water partition coefficient (Wildman–Crippen LogP) is 1.15. The van der Waals surface area contributed by atoms with Crippen LogP contribution in [0.1, 0.15) is 6.92 Å². The van der Waals surface area contributed by atoms with Gasteiger partial charge in [0.05, 0.1) is 13.2 Å². The van der Waals surface area contributed by atoms with Crippen LogP contribution in [-0.2, 0) is 4.74 Å². The van der Waals surface area contributed by atoms with Crippen molar-refractivity contribution < 1.29 is 14.6 Å². The van der Waals surface area contributed by atoms with Crippen molar-refractivity contribution in [1.82, 2.24) is 4.90 Å². The fourth-order valence-electron chi connectivity index (χ4n) is 2.07. The first-order valence-electron chi connectivity index (χ1n) is 6.43. The Labute approximate surface area is 108 Å². The van der Waals surface area contributed by atoms with E-state index in [-0.39, 0.29) is 0 Å². The number of nitrogens with zero attached hydrogens (tertiary/aromatic N) is 1. The van der Waals surface area contributed by atoms with E-state index < -0.39 is 6.10 Å². The second kappa shape index (κ2) is 6.73. The zero-order valence-electron chi connectivity index (χ0n) is 10.8. The first kappa shape index (κ1) is 13.3. The summed E-state index contributed by atoms with van der Waals surface area (Å²) in [5, 5.41) is 9.97. The fraction of sp³-hybridized carbons (Fsp3) is 0.571. The molecule has 18 heavy (non-hydrogen) atoms. The number of hydrogen-bond donors (Lipinski definition) is 1. The number of rotatable bonds is 5. The third-order valence-corrected chi connectivity index (χ3v) is 3.14. The van der Waals surface area contributed by atoms with Crippen LogP contribution in [0.25, 0.3) is 0 Å². The van der Waals surface area contributed by atoms with Crippen molar-refractivity contribution in [1.29, 1.82) is 0 Å².